The normalized spacial score (nSPS) is 36.7. The number of ether oxygens (including phenoxy) is 1. The fourth-order valence-electron chi connectivity index (χ4n) is 5.72. The summed E-state index contributed by atoms with van der Waals surface area (Å²) in [5.41, 5.74) is 1.61. The molecule has 0 spiro atoms. The number of benzene rings is 1. The molecule has 4 fully saturated rings. The van der Waals surface area contributed by atoms with E-state index in [0.717, 1.165) is 29.1 Å². The van der Waals surface area contributed by atoms with Gasteiger partial charge in [0, 0.05) is 0 Å². The van der Waals surface area contributed by atoms with Gasteiger partial charge in [-0.25, -0.2) is 4.79 Å². The van der Waals surface area contributed by atoms with Gasteiger partial charge < -0.3 is 9.84 Å². The second-order valence-corrected chi connectivity index (χ2v) is 7.41. The van der Waals surface area contributed by atoms with Crippen molar-refractivity contribution in [2.75, 3.05) is 7.11 Å². The van der Waals surface area contributed by atoms with E-state index < -0.39 is 5.97 Å². The Balaban J connectivity index is 1.83. The third kappa shape index (κ3) is 1.97. The maximum atomic E-state index is 11.7. The van der Waals surface area contributed by atoms with Gasteiger partial charge in [-0.3, -0.25) is 0 Å². The first-order valence-corrected chi connectivity index (χ1v) is 8.01. The van der Waals surface area contributed by atoms with Crippen LogP contribution in [0.2, 0.25) is 0 Å². The summed E-state index contributed by atoms with van der Waals surface area (Å²) in [5, 5.41) is 9.59. The van der Waals surface area contributed by atoms with Crippen LogP contribution in [0.4, 0.5) is 0 Å². The molecular weight excluding hydrogens is 264 g/mol. The van der Waals surface area contributed by atoms with Crippen LogP contribution in [0.5, 0.6) is 5.75 Å². The predicted octanol–water partition coefficient (Wildman–Crippen LogP) is 3.86. The smallest absolute Gasteiger partial charge is 0.335 e. The minimum absolute atomic E-state index is 0.0943. The molecule has 1 aromatic carbocycles. The van der Waals surface area contributed by atoms with Gasteiger partial charge >= 0.3 is 5.97 Å². The molecule has 5 rings (SSSR count). The second kappa shape index (κ2) is 4.49. The third-order valence-corrected chi connectivity index (χ3v) is 6.07. The molecule has 0 aromatic heterocycles. The van der Waals surface area contributed by atoms with E-state index in [-0.39, 0.29) is 5.41 Å². The van der Waals surface area contributed by atoms with Crippen molar-refractivity contribution >= 4 is 5.97 Å². The van der Waals surface area contributed by atoms with E-state index in [4.69, 9.17) is 4.74 Å². The van der Waals surface area contributed by atoms with Gasteiger partial charge in [0.2, 0.25) is 0 Å². The first kappa shape index (κ1) is 13.2. The molecule has 0 saturated heterocycles. The summed E-state index contributed by atoms with van der Waals surface area (Å²) in [5.74, 6) is 2.41. The number of carboxylic acids is 1. The van der Waals surface area contributed by atoms with Crippen LogP contribution in [0.15, 0.2) is 18.2 Å². The highest BCUT2D eigenvalue weighted by molar-refractivity contribution is 5.90. The Hall–Kier alpha value is -1.51. The van der Waals surface area contributed by atoms with Crippen LogP contribution in [0.1, 0.15) is 54.4 Å². The van der Waals surface area contributed by atoms with Crippen molar-refractivity contribution in [2.45, 2.75) is 43.9 Å². The van der Waals surface area contributed by atoms with E-state index in [1.54, 1.807) is 19.2 Å². The van der Waals surface area contributed by atoms with E-state index in [1.807, 2.05) is 6.07 Å². The van der Waals surface area contributed by atoms with Gasteiger partial charge in [-0.1, -0.05) is 0 Å². The number of carbonyl (C=O) groups is 1. The average Bonchev–Trinajstić information content (AvgIpc) is 2.45. The Bertz CT molecular complexity index is 555. The summed E-state index contributed by atoms with van der Waals surface area (Å²) < 4.78 is 5.36. The van der Waals surface area contributed by atoms with Crippen molar-refractivity contribution in [1.29, 1.82) is 0 Å². The molecule has 112 valence electrons. The van der Waals surface area contributed by atoms with E-state index in [9.17, 15) is 9.90 Å². The van der Waals surface area contributed by atoms with Crippen molar-refractivity contribution in [2.24, 2.45) is 17.8 Å². The van der Waals surface area contributed by atoms with Crippen LogP contribution in [0.3, 0.4) is 0 Å². The van der Waals surface area contributed by atoms with E-state index >= 15 is 0 Å². The lowest BCUT2D eigenvalue weighted by Crippen LogP contribution is -2.49. The minimum Gasteiger partial charge on any atom is -0.497 e. The zero-order chi connectivity index (χ0) is 14.6. The van der Waals surface area contributed by atoms with Gasteiger partial charge in [0.15, 0.2) is 0 Å². The van der Waals surface area contributed by atoms with Crippen molar-refractivity contribution < 1.29 is 14.6 Å². The van der Waals surface area contributed by atoms with Crippen LogP contribution in [-0.2, 0) is 5.41 Å². The lowest BCUT2D eigenvalue weighted by molar-refractivity contribution is -0.00590. The molecule has 21 heavy (non-hydrogen) atoms. The Morgan fingerprint density at radius 3 is 2.19 bits per heavy atom. The van der Waals surface area contributed by atoms with Crippen LogP contribution in [0, 0.1) is 17.8 Å². The molecule has 3 heteroatoms. The Morgan fingerprint density at radius 1 is 1.14 bits per heavy atom. The Morgan fingerprint density at radius 2 is 1.71 bits per heavy atom. The van der Waals surface area contributed by atoms with Crippen LogP contribution < -0.4 is 4.74 Å². The molecule has 0 unspecified atom stereocenters. The zero-order valence-electron chi connectivity index (χ0n) is 12.5. The van der Waals surface area contributed by atoms with Crippen molar-refractivity contribution in [3.63, 3.8) is 0 Å². The zero-order valence-corrected chi connectivity index (χ0v) is 12.5. The van der Waals surface area contributed by atoms with Gasteiger partial charge in [0.1, 0.15) is 5.75 Å². The topological polar surface area (TPSA) is 46.5 Å². The number of hydrogen-bond acceptors (Lipinski definition) is 2. The lowest BCUT2D eigenvalue weighted by Gasteiger charge is -2.57. The number of hydrogen-bond donors (Lipinski definition) is 1. The molecule has 0 amide bonds. The summed E-state index contributed by atoms with van der Waals surface area (Å²) in [6.07, 6.45) is 7.62. The number of carboxylic acid groups (broad SMARTS) is 1. The summed E-state index contributed by atoms with van der Waals surface area (Å²) in [7, 11) is 1.65. The highest BCUT2D eigenvalue weighted by atomic mass is 16.5. The summed E-state index contributed by atoms with van der Waals surface area (Å²) >= 11 is 0. The monoisotopic (exact) mass is 286 g/mol. The maximum Gasteiger partial charge on any atom is 0.335 e. The minimum atomic E-state index is -0.802. The molecule has 0 heterocycles. The van der Waals surface area contributed by atoms with Gasteiger partial charge in [0.25, 0.3) is 0 Å². The molecule has 4 bridgehead atoms. The van der Waals surface area contributed by atoms with E-state index in [1.165, 1.54) is 38.5 Å². The third-order valence-electron chi connectivity index (χ3n) is 6.07. The first-order valence-electron chi connectivity index (χ1n) is 8.01. The predicted molar refractivity (Wildman–Crippen MR) is 79.8 cm³/mol. The molecule has 1 aromatic rings. The molecule has 0 aliphatic heterocycles. The maximum absolute atomic E-state index is 11.7. The van der Waals surface area contributed by atoms with Crippen molar-refractivity contribution in [3.05, 3.63) is 29.3 Å². The largest absolute Gasteiger partial charge is 0.497 e. The molecule has 0 atom stereocenters. The van der Waals surface area contributed by atoms with Gasteiger partial charge in [-0.05, 0) is 85.5 Å². The first-order chi connectivity index (χ1) is 10.1. The van der Waals surface area contributed by atoms with Gasteiger partial charge in [-0.15, -0.1) is 0 Å². The lowest BCUT2D eigenvalue weighted by atomic mass is 9.47. The number of rotatable bonds is 3. The molecule has 4 aliphatic carbocycles. The van der Waals surface area contributed by atoms with Crippen molar-refractivity contribution in [3.8, 4) is 5.75 Å². The summed E-state index contributed by atoms with van der Waals surface area (Å²) in [6, 6.07) is 5.50. The molecule has 0 radical (unpaired) electrons. The molecule has 1 N–H and O–H groups in total. The molecule has 3 nitrogen and oxygen atoms in total. The second-order valence-electron chi connectivity index (χ2n) is 7.41. The summed E-state index contributed by atoms with van der Waals surface area (Å²) in [6.45, 7) is 0. The van der Waals surface area contributed by atoms with Gasteiger partial charge in [-0.2, -0.15) is 0 Å². The van der Waals surface area contributed by atoms with E-state index in [2.05, 4.69) is 0 Å². The number of methoxy groups -OCH3 is 1. The van der Waals surface area contributed by atoms with Crippen LogP contribution in [0.25, 0.3) is 0 Å². The molecule has 4 saturated carbocycles. The quantitative estimate of drug-likeness (QED) is 0.917. The Labute approximate surface area is 125 Å². The highest BCUT2D eigenvalue weighted by Gasteiger charge is 2.52. The van der Waals surface area contributed by atoms with E-state index in [0.29, 0.717) is 5.56 Å². The fraction of sp³-hybridized carbons (Fsp3) is 0.611. The highest BCUT2D eigenvalue weighted by Crippen LogP contribution is 2.61. The van der Waals surface area contributed by atoms with Crippen molar-refractivity contribution in [1.82, 2.24) is 0 Å². The molecular formula is C18H22O3. The summed E-state index contributed by atoms with van der Waals surface area (Å²) in [4.78, 5) is 11.7. The molecule has 4 aliphatic rings. The SMILES string of the molecule is COc1ccc(C(=O)O)c(C23CC4CC(CC(C4)C2)C3)c1. The number of aromatic carboxylic acids is 1. The average molecular weight is 286 g/mol. The standard InChI is InChI=1S/C18H22O3/c1-21-14-2-3-15(17(19)20)16(7-14)18-8-11-4-12(9-18)6-13(5-11)10-18/h2-3,7,11-13H,4-6,8-10H2,1H3,(H,19,20). The fourth-order valence-corrected chi connectivity index (χ4v) is 5.72. The van der Waals surface area contributed by atoms with Gasteiger partial charge in [0.05, 0.1) is 12.7 Å². The van der Waals surface area contributed by atoms with Crippen LogP contribution in [-0.4, -0.2) is 18.2 Å². The van der Waals surface area contributed by atoms with Crippen LogP contribution >= 0.6 is 0 Å². The Kier molecular flexibility index (Phi) is 2.82.